The average Bonchev–Trinajstić information content (AvgIpc) is 2.78. The molecule has 4 nitrogen and oxygen atoms in total. The van der Waals surface area contributed by atoms with E-state index in [0.717, 1.165) is 19.1 Å². The van der Waals surface area contributed by atoms with E-state index in [2.05, 4.69) is 5.32 Å². The summed E-state index contributed by atoms with van der Waals surface area (Å²) >= 11 is 0. The number of halogens is 1. The fraction of sp³-hybridized carbons (Fsp3) is 0.417. The topological polar surface area (TPSA) is 64.4 Å². The maximum absolute atomic E-state index is 12.8. The Labute approximate surface area is 98.9 Å². The zero-order valence-electron chi connectivity index (χ0n) is 9.41. The number of nitrogen functional groups attached to an aromatic ring is 1. The number of carbonyl (C=O) groups is 1. The van der Waals surface area contributed by atoms with E-state index in [1.54, 1.807) is 0 Å². The number of hydrogen-bond acceptors (Lipinski definition) is 3. The molecule has 1 heterocycles. The van der Waals surface area contributed by atoms with Crippen LogP contribution < -0.4 is 11.1 Å². The second kappa shape index (κ2) is 5.14. The van der Waals surface area contributed by atoms with Gasteiger partial charge in [0, 0.05) is 24.8 Å². The van der Waals surface area contributed by atoms with Crippen molar-refractivity contribution < 1.29 is 13.9 Å². The molecule has 3 N–H and O–H groups in total. The molecule has 0 aromatic heterocycles. The van der Waals surface area contributed by atoms with Crippen LogP contribution in [0.1, 0.15) is 16.8 Å². The van der Waals surface area contributed by atoms with Crippen molar-refractivity contribution in [3.63, 3.8) is 0 Å². The molecule has 1 aliphatic rings. The lowest BCUT2D eigenvalue weighted by Crippen LogP contribution is -2.30. The maximum atomic E-state index is 12.8. The van der Waals surface area contributed by atoms with E-state index in [9.17, 15) is 9.18 Å². The summed E-state index contributed by atoms with van der Waals surface area (Å²) in [6, 6.07) is 3.77. The average molecular weight is 238 g/mol. The molecule has 0 radical (unpaired) electrons. The van der Waals surface area contributed by atoms with Crippen molar-refractivity contribution >= 4 is 11.6 Å². The first kappa shape index (κ1) is 11.9. The van der Waals surface area contributed by atoms with E-state index in [4.69, 9.17) is 10.5 Å². The lowest BCUT2D eigenvalue weighted by molar-refractivity contribution is 0.0946. The summed E-state index contributed by atoms with van der Waals surface area (Å²) in [5.41, 5.74) is 6.05. The third-order valence-electron chi connectivity index (χ3n) is 2.83. The first-order valence-corrected chi connectivity index (χ1v) is 5.58. The Morgan fingerprint density at radius 3 is 3.06 bits per heavy atom. The maximum Gasteiger partial charge on any atom is 0.253 e. The molecule has 1 aliphatic heterocycles. The van der Waals surface area contributed by atoms with E-state index in [-0.39, 0.29) is 11.6 Å². The summed E-state index contributed by atoms with van der Waals surface area (Å²) in [7, 11) is 0. The predicted molar refractivity (Wildman–Crippen MR) is 62.1 cm³/mol. The second-order valence-corrected chi connectivity index (χ2v) is 4.17. The highest BCUT2D eigenvalue weighted by Gasteiger charge is 2.17. The quantitative estimate of drug-likeness (QED) is 0.777. The van der Waals surface area contributed by atoms with Crippen molar-refractivity contribution in [1.82, 2.24) is 5.32 Å². The Hall–Kier alpha value is -1.62. The highest BCUT2D eigenvalue weighted by atomic mass is 19.1. The molecule has 2 rings (SSSR count). The van der Waals surface area contributed by atoms with Gasteiger partial charge >= 0.3 is 0 Å². The molecule has 1 unspecified atom stereocenters. The summed E-state index contributed by atoms with van der Waals surface area (Å²) in [6.07, 6.45) is 0.958. The Morgan fingerprint density at radius 2 is 2.41 bits per heavy atom. The number of amides is 1. The number of anilines is 1. The molecule has 5 heteroatoms. The second-order valence-electron chi connectivity index (χ2n) is 4.17. The number of carbonyl (C=O) groups excluding carboxylic acids is 1. The van der Waals surface area contributed by atoms with Gasteiger partial charge in [0.1, 0.15) is 5.82 Å². The molecule has 92 valence electrons. The molecular weight excluding hydrogens is 223 g/mol. The van der Waals surface area contributed by atoms with Crippen molar-refractivity contribution in [1.29, 1.82) is 0 Å². The number of hydrogen-bond donors (Lipinski definition) is 2. The minimum Gasteiger partial charge on any atom is -0.398 e. The predicted octanol–water partition coefficient (Wildman–Crippen LogP) is 1.17. The van der Waals surface area contributed by atoms with Crippen LogP contribution in [0.3, 0.4) is 0 Å². The molecule has 0 saturated carbocycles. The molecule has 17 heavy (non-hydrogen) atoms. The van der Waals surface area contributed by atoms with Crippen molar-refractivity contribution in [3.8, 4) is 0 Å². The monoisotopic (exact) mass is 238 g/mol. The lowest BCUT2D eigenvalue weighted by Gasteiger charge is -2.10. The lowest BCUT2D eigenvalue weighted by atomic mass is 10.1. The smallest absolute Gasteiger partial charge is 0.253 e. The van der Waals surface area contributed by atoms with Crippen LogP contribution in [0.5, 0.6) is 0 Å². The summed E-state index contributed by atoms with van der Waals surface area (Å²) in [6.45, 7) is 1.99. The van der Waals surface area contributed by atoms with Crippen LogP contribution in [0.2, 0.25) is 0 Å². The zero-order chi connectivity index (χ0) is 12.3. The Kier molecular flexibility index (Phi) is 3.58. The van der Waals surface area contributed by atoms with Crippen LogP contribution in [-0.2, 0) is 4.74 Å². The summed E-state index contributed by atoms with van der Waals surface area (Å²) in [5.74, 6) is -0.349. The SMILES string of the molecule is Nc1cc(F)ccc1C(=O)NCC1CCOC1. The van der Waals surface area contributed by atoms with E-state index in [1.165, 1.54) is 12.1 Å². The van der Waals surface area contributed by atoms with Gasteiger partial charge in [-0.25, -0.2) is 4.39 Å². The van der Waals surface area contributed by atoms with Crippen LogP contribution in [0.15, 0.2) is 18.2 Å². The third kappa shape index (κ3) is 2.94. The van der Waals surface area contributed by atoms with E-state index >= 15 is 0 Å². The van der Waals surface area contributed by atoms with Gasteiger partial charge in [0.15, 0.2) is 0 Å². The normalized spacial score (nSPS) is 19.2. The molecule has 0 spiro atoms. The van der Waals surface area contributed by atoms with Gasteiger partial charge < -0.3 is 15.8 Å². The number of nitrogens with one attached hydrogen (secondary N) is 1. The van der Waals surface area contributed by atoms with Gasteiger partial charge in [-0.15, -0.1) is 0 Å². The van der Waals surface area contributed by atoms with Crippen LogP contribution in [0.4, 0.5) is 10.1 Å². The van der Waals surface area contributed by atoms with Crippen LogP contribution in [0.25, 0.3) is 0 Å². The molecule has 1 atom stereocenters. The van der Waals surface area contributed by atoms with E-state index in [1.807, 2.05) is 0 Å². The van der Waals surface area contributed by atoms with Crippen LogP contribution >= 0.6 is 0 Å². The summed E-state index contributed by atoms with van der Waals surface area (Å²) in [4.78, 5) is 11.8. The Balaban J connectivity index is 1.94. The molecule has 0 aliphatic carbocycles. The summed E-state index contributed by atoms with van der Waals surface area (Å²) < 4.78 is 18.0. The molecule has 1 aromatic rings. The van der Waals surface area contributed by atoms with Crippen LogP contribution in [0, 0.1) is 11.7 Å². The van der Waals surface area contributed by atoms with Gasteiger partial charge in [0.05, 0.1) is 12.2 Å². The highest BCUT2D eigenvalue weighted by molar-refractivity contribution is 5.99. The van der Waals surface area contributed by atoms with E-state index in [0.29, 0.717) is 24.6 Å². The molecule has 1 saturated heterocycles. The van der Waals surface area contributed by atoms with Gasteiger partial charge in [-0.2, -0.15) is 0 Å². The number of benzene rings is 1. The minimum atomic E-state index is -0.441. The Morgan fingerprint density at radius 1 is 1.59 bits per heavy atom. The fourth-order valence-electron chi connectivity index (χ4n) is 1.82. The van der Waals surface area contributed by atoms with Gasteiger partial charge in [0.25, 0.3) is 5.91 Å². The van der Waals surface area contributed by atoms with Crippen molar-refractivity contribution in [2.45, 2.75) is 6.42 Å². The van der Waals surface area contributed by atoms with Gasteiger partial charge in [-0.1, -0.05) is 0 Å². The summed E-state index contributed by atoms with van der Waals surface area (Å²) in [5, 5.41) is 2.78. The third-order valence-corrected chi connectivity index (χ3v) is 2.83. The largest absolute Gasteiger partial charge is 0.398 e. The first-order chi connectivity index (χ1) is 8.16. The first-order valence-electron chi connectivity index (χ1n) is 5.58. The van der Waals surface area contributed by atoms with Crippen molar-refractivity contribution in [2.24, 2.45) is 5.92 Å². The van der Waals surface area contributed by atoms with Gasteiger partial charge in [0.2, 0.25) is 0 Å². The number of ether oxygens (including phenoxy) is 1. The van der Waals surface area contributed by atoms with Crippen molar-refractivity contribution in [3.05, 3.63) is 29.6 Å². The molecular formula is C12H15FN2O2. The molecule has 1 fully saturated rings. The minimum absolute atomic E-state index is 0.158. The number of nitrogens with two attached hydrogens (primary N) is 1. The van der Waals surface area contributed by atoms with Gasteiger partial charge in [-0.3, -0.25) is 4.79 Å². The highest BCUT2D eigenvalue weighted by Crippen LogP contribution is 2.14. The number of rotatable bonds is 3. The van der Waals surface area contributed by atoms with Crippen LogP contribution in [-0.4, -0.2) is 25.7 Å². The molecule has 1 amide bonds. The van der Waals surface area contributed by atoms with Gasteiger partial charge in [-0.05, 0) is 24.6 Å². The van der Waals surface area contributed by atoms with Crippen molar-refractivity contribution in [2.75, 3.05) is 25.5 Å². The Bertz CT molecular complexity index is 417. The zero-order valence-corrected chi connectivity index (χ0v) is 9.41. The molecule has 1 aromatic carbocycles. The fourth-order valence-corrected chi connectivity index (χ4v) is 1.82. The standard InChI is InChI=1S/C12H15FN2O2/c13-9-1-2-10(11(14)5-9)12(16)15-6-8-3-4-17-7-8/h1-2,5,8H,3-4,6-7,14H2,(H,15,16). The molecule has 0 bridgehead atoms. The van der Waals surface area contributed by atoms with E-state index < -0.39 is 5.82 Å².